The van der Waals surface area contributed by atoms with Gasteiger partial charge < -0.3 is 14.7 Å². The number of aliphatic carboxylic acids is 1. The highest BCUT2D eigenvalue weighted by atomic mass is 16.5. The Morgan fingerprint density at radius 1 is 1.30 bits per heavy atom. The Morgan fingerprint density at radius 2 is 1.90 bits per heavy atom. The average molecular weight is 283 g/mol. The quantitative estimate of drug-likeness (QED) is 0.723. The summed E-state index contributed by atoms with van der Waals surface area (Å²) in [5.74, 6) is -1.66. The summed E-state index contributed by atoms with van der Waals surface area (Å²) in [5.41, 5.74) is 0. The van der Waals surface area contributed by atoms with Crippen molar-refractivity contribution in [3.8, 4) is 0 Å². The maximum Gasteiger partial charge on any atom is 0.307 e. The third-order valence-corrected chi connectivity index (χ3v) is 3.53. The zero-order valence-electron chi connectivity index (χ0n) is 12.5. The second kappa shape index (κ2) is 8.04. The van der Waals surface area contributed by atoms with Crippen molar-refractivity contribution < 1.29 is 19.4 Å². The van der Waals surface area contributed by atoms with E-state index in [2.05, 4.69) is 0 Å². The molecule has 0 spiro atoms. The summed E-state index contributed by atoms with van der Waals surface area (Å²) in [6.45, 7) is 5.71. The topological polar surface area (TPSA) is 66.8 Å². The van der Waals surface area contributed by atoms with Crippen LogP contribution in [0.3, 0.4) is 0 Å². The van der Waals surface area contributed by atoms with E-state index >= 15 is 0 Å². The fraction of sp³-hybridized carbons (Fsp3) is 0.733. The van der Waals surface area contributed by atoms with Crippen molar-refractivity contribution >= 4 is 11.9 Å². The van der Waals surface area contributed by atoms with E-state index in [9.17, 15) is 14.7 Å². The van der Waals surface area contributed by atoms with Crippen molar-refractivity contribution in [3.63, 3.8) is 0 Å². The molecule has 5 nitrogen and oxygen atoms in total. The van der Waals surface area contributed by atoms with E-state index in [0.29, 0.717) is 38.5 Å². The monoisotopic (exact) mass is 283 g/mol. The lowest BCUT2D eigenvalue weighted by Gasteiger charge is -2.32. The van der Waals surface area contributed by atoms with Crippen LogP contribution in [0.25, 0.3) is 0 Å². The van der Waals surface area contributed by atoms with Gasteiger partial charge in [-0.15, -0.1) is 0 Å². The Labute approximate surface area is 120 Å². The van der Waals surface area contributed by atoms with Gasteiger partial charge in [0.05, 0.1) is 18.4 Å². The van der Waals surface area contributed by atoms with Crippen molar-refractivity contribution in [1.29, 1.82) is 0 Å². The molecule has 0 unspecified atom stereocenters. The minimum Gasteiger partial charge on any atom is -0.481 e. The number of carbonyl (C=O) groups excluding carboxylic acids is 1. The van der Waals surface area contributed by atoms with Gasteiger partial charge in [-0.25, -0.2) is 0 Å². The molecule has 0 aromatic carbocycles. The van der Waals surface area contributed by atoms with E-state index < -0.39 is 17.8 Å². The molecule has 1 N–H and O–H groups in total. The molecule has 1 aliphatic carbocycles. The molecule has 0 saturated heterocycles. The van der Waals surface area contributed by atoms with E-state index in [1.165, 1.54) is 0 Å². The average Bonchev–Trinajstić information content (AvgIpc) is 2.42. The number of hydrogen-bond donors (Lipinski definition) is 1. The third kappa shape index (κ3) is 4.63. The van der Waals surface area contributed by atoms with Crippen LogP contribution in [0.4, 0.5) is 0 Å². The lowest BCUT2D eigenvalue weighted by molar-refractivity contribution is -0.151. The smallest absolute Gasteiger partial charge is 0.307 e. The molecule has 2 atom stereocenters. The summed E-state index contributed by atoms with van der Waals surface area (Å²) in [4.78, 5) is 25.7. The van der Waals surface area contributed by atoms with Gasteiger partial charge in [-0.2, -0.15) is 0 Å². The Bertz CT molecular complexity index is 365. The zero-order valence-corrected chi connectivity index (χ0v) is 12.5. The highest BCUT2D eigenvalue weighted by molar-refractivity contribution is 5.85. The summed E-state index contributed by atoms with van der Waals surface area (Å²) in [6.07, 6.45) is 4.71. The van der Waals surface area contributed by atoms with Gasteiger partial charge in [-0.3, -0.25) is 9.59 Å². The largest absolute Gasteiger partial charge is 0.481 e. The van der Waals surface area contributed by atoms with Crippen LogP contribution in [0.5, 0.6) is 0 Å². The third-order valence-electron chi connectivity index (χ3n) is 3.53. The van der Waals surface area contributed by atoms with E-state index in [1.54, 1.807) is 12.0 Å². The first kappa shape index (κ1) is 16.7. The van der Waals surface area contributed by atoms with Crippen molar-refractivity contribution in [2.75, 3.05) is 26.8 Å². The predicted molar refractivity (Wildman–Crippen MR) is 76.3 cm³/mol. The molecule has 0 radical (unpaired) electrons. The fourth-order valence-electron chi connectivity index (χ4n) is 2.53. The number of methoxy groups -OCH3 is 1. The molecule has 20 heavy (non-hydrogen) atoms. The lowest BCUT2D eigenvalue weighted by Crippen LogP contribution is -2.44. The highest BCUT2D eigenvalue weighted by Crippen LogP contribution is 2.28. The van der Waals surface area contributed by atoms with E-state index in [-0.39, 0.29) is 5.91 Å². The summed E-state index contributed by atoms with van der Waals surface area (Å²) < 4.78 is 5.04. The molecule has 1 amide bonds. The van der Waals surface area contributed by atoms with Crippen LogP contribution in [0.1, 0.15) is 26.7 Å². The summed E-state index contributed by atoms with van der Waals surface area (Å²) >= 11 is 0. The second-order valence-corrected chi connectivity index (χ2v) is 5.66. The van der Waals surface area contributed by atoms with Gasteiger partial charge in [-0.1, -0.05) is 26.0 Å². The number of carbonyl (C=O) groups is 2. The van der Waals surface area contributed by atoms with Gasteiger partial charge in [0.25, 0.3) is 0 Å². The lowest BCUT2D eigenvalue weighted by atomic mass is 9.82. The van der Waals surface area contributed by atoms with Crippen LogP contribution < -0.4 is 0 Å². The van der Waals surface area contributed by atoms with Gasteiger partial charge in [0.15, 0.2) is 0 Å². The number of carboxylic acids is 1. The fourth-order valence-corrected chi connectivity index (χ4v) is 2.53. The molecule has 0 aromatic rings. The van der Waals surface area contributed by atoms with Gasteiger partial charge in [0, 0.05) is 20.2 Å². The molecule has 0 bridgehead atoms. The molecule has 1 rings (SSSR count). The predicted octanol–water partition coefficient (Wildman–Crippen LogP) is 1.78. The minimum absolute atomic E-state index is 0.0625. The molecular weight excluding hydrogens is 258 g/mol. The summed E-state index contributed by atoms with van der Waals surface area (Å²) in [6, 6.07) is 0. The highest BCUT2D eigenvalue weighted by Gasteiger charge is 2.36. The summed E-state index contributed by atoms with van der Waals surface area (Å²) in [5, 5.41) is 9.27. The van der Waals surface area contributed by atoms with E-state index in [1.807, 2.05) is 26.0 Å². The van der Waals surface area contributed by atoms with Gasteiger partial charge in [0.1, 0.15) is 0 Å². The normalized spacial score (nSPS) is 22.0. The Kier molecular flexibility index (Phi) is 6.71. The number of carboxylic acid groups (broad SMARTS) is 1. The van der Waals surface area contributed by atoms with Gasteiger partial charge >= 0.3 is 5.97 Å². The van der Waals surface area contributed by atoms with Crippen LogP contribution in [0.15, 0.2) is 12.2 Å². The van der Waals surface area contributed by atoms with Crippen molar-refractivity contribution in [2.24, 2.45) is 17.8 Å². The number of hydrogen-bond acceptors (Lipinski definition) is 3. The first-order valence-corrected chi connectivity index (χ1v) is 7.12. The number of allylic oxidation sites excluding steroid dienone is 2. The SMILES string of the molecule is COCCN(CC(C)C)C(=O)[C@@H]1CC=CC[C@@H]1C(=O)O. The molecule has 0 fully saturated rings. The second-order valence-electron chi connectivity index (χ2n) is 5.66. The van der Waals surface area contributed by atoms with Crippen LogP contribution in [0.2, 0.25) is 0 Å². The standard InChI is InChI=1S/C15H25NO4/c1-11(2)10-16(8-9-20-3)14(17)12-6-4-5-7-13(12)15(18)19/h4-5,11-13H,6-10H2,1-3H3,(H,18,19)/t12-,13+/m1/s1. The Hall–Kier alpha value is -1.36. The number of nitrogens with zero attached hydrogens (tertiary/aromatic N) is 1. The molecule has 0 aromatic heterocycles. The maximum absolute atomic E-state index is 12.6. The number of rotatable bonds is 7. The molecule has 114 valence electrons. The van der Waals surface area contributed by atoms with E-state index in [4.69, 9.17) is 4.74 Å². The van der Waals surface area contributed by atoms with Crippen molar-refractivity contribution in [1.82, 2.24) is 4.90 Å². The molecular formula is C15H25NO4. The molecule has 0 heterocycles. The number of amides is 1. The Balaban J connectivity index is 2.80. The van der Waals surface area contributed by atoms with Gasteiger partial charge in [0.2, 0.25) is 5.91 Å². The first-order valence-electron chi connectivity index (χ1n) is 7.12. The maximum atomic E-state index is 12.6. The molecule has 0 saturated carbocycles. The molecule has 0 aliphatic heterocycles. The van der Waals surface area contributed by atoms with Crippen molar-refractivity contribution in [3.05, 3.63) is 12.2 Å². The molecule has 1 aliphatic rings. The molecule has 5 heteroatoms. The summed E-state index contributed by atoms with van der Waals surface area (Å²) in [7, 11) is 1.60. The van der Waals surface area contributed by atoms with Crippen LogP contribution >= 0.6 is 0 Å². The van der Waals surface area contributed by atoms with Crippen molar-refractivity contribution in [2.45, 2.75) is 26.7 Å². The Morgan fingerprint density at radius 3 is 2.40 bits per heavy atom. The van der Waals surface area contributed by atoms with E-state index in [0.717, 1.165) is 0 Å². The minimum atomic E-state index is -0.885. The van der Waals surface area contributed by atoms with Crippen LogP contribution in [0, 0.1) is 17.8 Å². The van der Waals surface area contributed by atoms with Gasteiger partial charge in [-0.05, 0) is 18.8 Å². The van der Waals surface area contributed by atoms with Crippen LogP contribution in [-0.4, -0.2) is 48.7 Å². The van der Waals surface area contributed by atoms with Crippen LogP contribution in [-0.2, 0) is 14.3 Å². The number of ether oxygens (including phenoxy) is 1. The zero-order chi connectivity index (χ0) is 15.1. The first-order chi connectivity index (χ1) is 9.47.